The van der Waals surface area contributed by atoms with Crippen molar-refractivity contribution in [3.63, 3.8) is 0 Å². The van der Waals surface area contributed by atoms with Gasteiger partial charge in [0.15, 0.2) is 0 Å². The molecule has 0 spiro atoms. The minimum absolute atomic E-state index is 0.0119. The van der Waals surface area contributed by atoms with E-state index in [0.29, 0.717) is 31.9 Å². The Labute approximate surface area is 177 Å². The fourth-order valence-corrected chi connectivity index (χ4v) is 4.14. The van der Waals surface area contributed by atoms with E-state index >= 15 is 0 Å². The molecule has 4 rings (SSSR count). The molecule has 30 heavy (non-hydrogen) atoms. The Bertz CT molecular complexity index is 873. The summed E-state index contributed by atoms with van der Waals surface area (Å²) in [7, 11) is 0. The summed E-state index contributed by atoms with van der Waals surface area (Å²) in [6, 6.07) is 12.1. The molecule has 7 nitrogen and oxygen atoms in total. The highest BCUT2D eigenvalue weighted by Crippen LogP contribution is 2.21. The number of nitrogens with zero attached hydrogens (tertiary/aromatic N) is 4. The van der Waals surface area contributed by atoms with Gasteiger partial charge in [0.1, 0.15) is 0 Å². The lowest BCUT2D eigenvalue weighted by Crippen LogP contribution is -2.40. The van der Waals surface area contributed by atoms with Crippen LogP contribution in [0.15, 0.2) is 42.6 Å². The van der Waals surface area contributed by atoms with Gasteiger partial charge in [0.25, 0.3) is 0 Å². The minimum atomic E-state index is 0.0119. The number of hydrogen-bond donors (Lipinski definition) is 1. The summed E-state index contributed by atoms with van der Waals surface area (Å²) < 4.78 is 0. The molecule has 2 aromatic rings. The molecule has 0 bridgehead atoms. The highest BCUT2D eigenvalue weighted by molar-refractivity contribution is 5.79. The summed E-state index contributed by atoms with van der Waals surface area (Å²) in [5.74, 6) is 0.893. The zero-order chi connectivity index (χ0) is 20.8. The number of hydrogen-bond acceptors (Lipinski definition) is 5. The van der Waals surface area contributed by atoms with E-state index in [1.165, 1.54) is 0 Å². The molecule has 1 aromatic heterocycles. The molecule has 2 aliphatic heterocycles. The zero-order valence-electron chi connectivity index (χ0n) is 17.3. The highest BCUT2D eigenvalue weighted by atomic mass is 16.2. The maximum atomic E-state index is 12.4. The SMILES string of the molecule is O=C(CCN1CCCCCC1=O)NC1CCN(c2nccc(-c3ccccc3)n2)C1. The van der Waals surface area contributed by atoms with Gasteiger partial charge in [-0.3, -0.25) is 9.59 Å². The number of rotatable bonds is 6. The van der Waals surface area contributed by atoms with Crippen molar-refractivity contribution in [3.05, 3.63) is 42.6 Å². The van der Waals surface area contributed by atoms with E-state index in [2.05, 4.69) is 15.2 Å². The van der Waals surface area contributed by atoms with Crippen LogP contribution in [-0.2, 0) is 9.59 Å². The first-order valence-electron chi connectivity index (χ1n) is 10.9. The van der Waals surface area contributed by atoms with Crippen molar-refractivity contribution in [2.75, 3.05) is 31.1 Å². The number of carbonyl (C=O) groups excluding carboxylic acids is 2. The topological polar surface area (TPSA) is 78.4 Å². The Balaban J connectivity index is 1.28. The number of carbonyl (C=O) groups is 2. The van der Waals surface area contributed by atoms with E-state index in [-0.39, 0.29) is 17.9 Å². The Morgan fingerprint density at radius 2 is 1.97 bits per heavy atom. The van der Waals surface area contributed by atoms with E-state index in [1.807, 2.05) is 41.3 Å². The Hall–Kier alpha value is -2.96. The van der Waals surface area contributed by atoms with Crippen LogP contribution in [0.3, 0.4) is 0 Å². The van der Waals surface area contributed by atoms with Crippen LogP contribution in [0.25, 0.3) is 11.3 Å². The van der Waals surface area contributed by atoms with E-state index < -0.39 is 0 Å². The van der Waals surface area contributed by atoms with Crippen molar-refractivity contribution >= 4 is 17.8 Å². The molecule has 2 aliphatic rings. The maximum absolute atomic E-state index is 12.4. The van der Waals surface area contributed by atoms with Gasteiger partial charge in [0, 0.05) is 56.8 Å². The molecule has 1 aromatic carbocycles. The zero-order valence-corrected chi connectivity index (χ0v) is 17.3. The fourth-order valence-electron chi connectivity index (χ4n) is 4.14. The summed E-state index contributed by atoms with van der Waals surface area (Å²) in [5.41, 5.74) is 1.96. The average Bonchev–Trinajstić information content (AvgIpc) is 3.14. The highest BCUT2D eigenvalue weighted by Gasteiger charge is 2.26. The van der Waals surface area contributed by atoms with Crippen molar-refractivity contribution < 1.29 is 9.59 Å². The number of likely N-dealkylation sites (tertiary alicyclic amines) is 1. The fraction of sp³-hybridized carbons (Fsp3) is 0.478. The summed E-state index contributed by atoms with van der Waals surface area (Å²) in [5, 5.41) is 3.12. The van der Waals surface area contributed by atoms with Crippen LogP contribution in [0.2, 0.25) is 0 Å². The van der Waals surface area contributed by atoms with Crippen molar-refractivity contribution in [2.45, 2.75) is 44.6 Å². The number of anilines is 1. The minimum Gasteiger partial charge on any atom is -0.351 e. The van der Waals surface area contributed by atoms with Gasteiger partial charge in [-0.1, -0.05) is 36.8 Å². The van der Waals surface area contributed by atoms with E-state index in [9.17, 15) is 9.59 Å². The van der Waals surface area contributed by atoms with Gasteiger partial charge in [0.2, 0.25) is 17.8 Å². The Kier molecular flexibility index (Phi) is 6.57. The molecular formula is C23H29N5O2. The van der Waals surface area contributed by atoms with Crippen LogP contribution in [0.5, 0.6) is 0 Å². The van der Waals surface area contributed by atoms with Crippen LogP contribution in [0, 0.1) is 0 Å². The first kappa shape index (κ1) is 20.3. The molecule has 2 amide bonds. The molecule has 1 atom stereocenters. The number of amides is 2. The summed E-state index contributed by atoms with van der Waals surface area (Å²) in [4.78, 5) is 37.6. The maximum Gasteiger partial charge on any atom is 0.225 e. The van der Waals surface area contributed by atoms with Crippen molar-refractivity contribution in [1.29, 1.82) is 0 Å². The third-order valence-corrected chi connectivity index (χ3v) is 5.83. The van der Waals surface area contributed by atoms with Crippen LogP contribution >= 0.6 is 0 Å². The summed E-state index contributed by atoms with van der Waals surface area (Å²) in [6.45, 7) is 2.81. The smallest absolute Gasteiger partial charge is 0.225 e. The molecule has 158 valence electrons. The third-order valence-electron chi connectivity index (χ3n) is 5.83. The van der Waals surface area contributed by atoms with Gasteiger partial charge in [-0.05, 0) is 25.3 Å². The van der Waals surface area contributed by atoms with Crippen LogP contribution in [0.1, 0.15) is 38.5 Å². The lowest BCUT2D eigenvalue weighted by Gasteiger charge is -2.21. The Morgan fingerprint density at radius 3 is 2.83 bits per heavy atom. The first-order valence-corrected chi connectivity index (χ1v) is 10.9. The normalized spacial score (nSPS) is 19.6. The Morgan fingerprint density at radius 1 is 1.10 bits per heavy atom. The molecule has 1 unspecified atom stereocenters. The molecular weight excluding hydrogens is 378 g/mol. The van der Waals surface area contributed by atoms with Gasteiger partial charge in [0.05, 0.1) is 5.69 Å². The summed E-state index contributed by atoms with van der Waals surface area (Å²) >= 11 is 0. The molecule has 3 heterocycles. The lowest BCUT2D eigenvalue weighted by molar-refractivity contribution is -0.131. The second kappa shape index (κ2) is 9.69. The van der Waals surface area contributed by atoms with E-state index in [1.54, 1.807) is 6.20 Å². The molecule has 2 fully saturated rings. The van der Waals surface area contributed by atoms with Gasteiger partial charge >= 0.3 is 0 Å². The van der Waals surface area contributed by atoms with Gasteiger partial charge in [-0.2, -0.15) is 0 Å². The number of aromatic nitrogens is 2. The van der Waals surface area contributed by atoms with Crippen molar-refractivity contribution in [3.8, 4) is 11.3 Å². The molecule has 0 aliphatic carbocycles. The van der Waals surface area contributed by atoms with Gasteiger partial charge in [-0.25, -0.2) is 9.97 Å². The van der Waals surface area contributed by atoms with E-state index in [4.69, 9.17) is 4.98 Å². The molecule has 7 heteroatoms. The quantitative estimate of drug-likeness (QED) is 0.796. The van der Waals surface area contributed by atoms with Crippen molar-refractivity contribution in [2.24, 2.45) is 0 Å². The van der Waals surface area contributed by atoms with Crippen LogP contribution in [-0.4, -0.2) is 58.9 Å². The predicted octanol–water partition coefficient (Wildman–Crippen LogP) is 2.63. The van der Waals surface area contributed by atoms with E-state index in [0.717, 1.165) is 50.0 Å². The van der Waals surface area contributed by atoms with Crippen LogP contribution < -0.4 is 10.2 Å². The average molecular weight is 408 g/mol. The molecule has 0 saturated carbocycles. The number of benzene rings is 1. The third kappa shape index (κ3) is 5.14. The molecule has 2 saturated heterocycles. The second-order valence-electron chi connectivity index (χ2n) is 8.05. The van der Waals surface area contributed by atoms with Crippen LogP contribution in [0.4, 0.5) is 5.95 Å². The summed E-state index contributed by atoms with van der Waals surface area (Å²) in [6.07, 6.45) is 6.73. The van der Waals surface area contributed by atoms with Gasteiger partial charge < -0.3 is 15.1 Å². The van der Waals surface area contributed by atoms with Gasteiger partial charge in [-0.15, -0.1) is 0 Å². The monoisotopic (exact) mass is 407 g/mol. The molecule has 0 radical (unpaired) electrons. The lowest BCUT2D eigenvalue weighted by atomic mass is 10.1. The second-order valence-corrected chi connectivity index (χ2v) is 8.05. The van der Waals surface area contributed by atoms with Crippen molar-refractivity contribution in [1.82, 2.24) is 20.2 Å². The largest absolute Gasteiger partial charge is 0.351 e. The first-order chi connectivity index (χ1) is 14.7. The standard InChI is InChI=1S/C23H29N5O2/c29-21(12-16-27-14-6-2-5-9-22(27)30)25-19-11-15-28(17-19)23-24-13-10-20(26-23)18-7-3-1-4-8-18/h1,3-4,7-8,10,13,19H,2,5-6,9,11-12,14-17H2,(H,25,29). The predicted molar refractivity (Wildman–Crippen MR) is 116 cm³/mol. The number of nitrogens with one attached hydrogen (secondary N) is 1. The molecule has 1 N–H and O–H groups in total.